The number of benzene rings is 1. The monoisotopic (exact) mass is 290 g/mol. The van der Waals surface area contributed by atoms with Crippen molar-refractivity contribution in [2.75, 3.05) is 6.54 Å². The van der Waals surface area contributed by atoms with Crippen molar-refractivity contribution in [3.8, 4) is 0 Å². The molecule has 21 heavy (non-hydrogen) atoms. The summed E-state index contributed by atoms with van der Waals surface area (Å²) in [5.41, 5.74) is 2.24. The summed E-state index contributed by atoms with van der Waals surface area (Å²) < 4.78 is 0. The first-order chi connectivity index (χ1) is 9.99. The van der Waals surface area contributed by atoms with Crippen molar-refractivity contribution in [2.24, 2.45) is 0 Å². The summed E-state index contributed by atoms with van der Waals surface area (Å²) in [4.78, 5) is 28.5. The minimum atomic E-state index is -0.225. The SMILES string of the molecule is CCC(C)NCC(=O)NC(C)c1ccc2[nH]c(=O)[nH]c2c1. The molecule has 2 unspecified atom stereocenters. The molecule has 1 amide bonds. The Hall–Kier alpha value is -2.08. The Bertz CT molecular complexity index is 674. The molecule has 0 spiro atoms. The number of rotatable bonds is 6. The van der Waals surface area contributed by atoms with Gasteiger partial charge < -0.3 is 20.6 Å². The molecule has 0 aliphatic heterocycles. The highest BCUT2D eigenvalue weighted by molar-refractivity contribution is 5.79. The molecule has 0 saturated heterocycles. The van der Waals surface area contributed by atoms with E-state index in [0.717, 1.165) is 23.0 Å². The lowest BCUT2D eigenvalue weighted by molar-refractivity contribution is -0.121. The summed E-state index contributed by atoms with van der Waals surface area (Å²) in [6, 6.07) is 5.83. The predicted molar refractivity (Wildman–Crippen MR) is 83.2 cm³/mol. The molecule has 0 aliphatic rings. The topological polar surface area (TPSA) is 89.8 Å². The van der Waals surface area contributed by atoms with Crippen LogP contribution in [0.3, 0.4) is 0 Å². The lowest BCUT2D eigenvalue weighted by atomic mass is 10.1. The third-order valence-corrected chi connectivity index (χ3v) is 3.64. The fraction of sp³-hybridized carbons (Fsp3) is 0.467. The Morgan fingerprint density at radius 3 is 2.67 bits per heavy atom. The first-order valence-electron chi connectivity index (χ1n) is 7.24. The Kier molecular flexibility index (Phi) is 4.80. The Morgan fingerprint density at radius 1 is 1.24 bits per heavy atom. The van der Waals surface area contributed by atoms with Gasteiger partial charge in [-0.3, -0.25) is 4.79 Å². The maximum absolute atomic E-state index is 11.9. The van der Waals surface area contributed by atoms with Crippen LogP contribution in [0.25, 0.3) is 11.0 Å². The number of aromatic amines is 2. The zero-order valence-electron chi connectivity index (χ0n) is 12.6. The van der Waals surface area contributed by atoms with Gasteiger partial charge in [0.2, 0.25) is 5.91 Å². The van der Waals surface area contributed by atoms with Gasteiger partial charge in [0, 0.05) is 6.04 Å². The Balaban J connectivity index is 1.99. The summed E-state index contributed by atoms with van der Waals surface area (Å²) >= 11 is 0. The molecule has 114 valence electrons. The highest BCUT2D eigenvalue weighted by Gasteiger charge is 2.11. The van der Waals surface area contributed by atoms with E-state index in [-0.39, 0.29) is 17.6 Å². The van der Waals surface area contributed by atoms with Crippen molar-refractivity contribution < 1.29 is 4.79 Å². The number of nitrogens with one attached hydrogen (secondary N) is 4. The van der Waals surface area contributed by atoms with Gasteiger partial charge in [0.25, 0.3) is 0 Å². The molecule has 0 bridgehead atoms. The van der Waals surface area contributed by atoms with Crippen LogP contribution in [0, 0.1) is 0 Å². The fourth-order valence-electron chi connectivity index (χ4n) is 2.11. The van der Waals surface area contributed by atoms with Crippen molar-refractivity contribution in [1.29, 1.82) is 0 Å². The maximum Gasteiger partial charge on any atom is 0.323 e. The van der Waals surface area contributed by atoms with Crippen LogP contribution in [0.5, 0.6) is 0 Å². The van der Waals surface area contributed by atoms with E-state index in [2.05, 4.69) is 27.5 Å². The highest BCUT2D eigenvalue weighted by atomic mass is 16.2. The zero-order valence-corrected chi connectivity index (χ0v) is 12.6. The van der Waals surface area contributed by atoms with Gasteiger partial charge >= 0.3 is 5.69 Å². The molecule has 1 aromatic heterocycles. The Labute approximate surface area is 123 Å². The summed E-state index contributed by atoms with van der Waals surface area (Å²) in [6.45, 7) is 6.35. The van der Waals surface area contributed by atoms with Gasteiger partial charge in [-0.2, -0.15) is 0 Å². The van der Waals surface area contributed by atoms with Crippen molar-refractivity contribution in [2.45, 2.75) is 39.3 Å². The number of hydrogen-bond donors (Lipinski definition) is 4. The maximum atomic E-state index is 11.9. The molecule has 6 heteroatoms. The van der Waals surface area contributed by atoms with E-state index < -0.39 is 0 Å². The molecule has 4 N–H and O–H groups in total. The second kappa shape index (κ2) is 6.58. The van der Waals surface area contributed by atoms with Crippen molar-refractivity contribution >= 4 is 16.9 Å². The third-order valence-electron chi connectivity index (χ3n) is 3.64. The first kappa shape index (κ1) is 15.3. The number of carbonyl (C=O) groups is 1. The van der Waals surface area contributed by atoms with Crippen molar-refractivity contribution in [1.82, 2.24) is 20.6 Å². The van der Waals surface area contributed by atoms with E-state index in [4.69, 9.17) is 0 Å². The Morgan fingerprint density at radius 2 is 1.95 bits per heavy atom. The van der Waals surface area contributed by atoms with Crippen molar-refractivity contribution in [3.05, 3.63) is 34.2 Å². The number of fused-ring (bicyclic) bond motifs is 1. The van der Waals surface area contributed by atoms with E-state index in [1.807, 2.05) is 32.0 Å². The van der Waals surface area contributed by atoms with E-state index in [0.29, 0.717) is 12.6 Å². The number of carbonyl (C=O) groups excluding carboxylic acids is 1. The smallest absolute Gasteiger partial charge is 0.323 e. The molecule has 0 aliphatic carbocycles. The minimum Gasteiger partial charge on any atom is -0.348 e. The van der Waals surface area contributed by atoms with Gasteiger partial charge in [0.15, 0.2) is 0 Å². The van der Waals surface area contributed by atoms with Crippen LogP contribution in [-0.2, 0) is 4.79 Å². The van der Waals surface area contributed by atoms with Gasteiger partial charge in [-0.25, -0.2) is 4.79 Å². The molecule has 2 atom stereocenters. The van der Waals surface area contributed by atoms with Crippen LogP contribution < -0.4 is 16.3 Å². The predicted octanol–water partition coefficient (Wildman–Crippen LogP) is 1.42. The average Bonchev–Trinajstić information content (AvgIpc) is 2.83. The second-order valence-electron chi connectivity index (χ2n) is 5.36. The van der Waals surface area contributed by atoms with Gasteiger partial charge in [-0.1, -0.05) is 13.0 Å². The van der Waals surface area contributed by atoms with Crippen molar-refractivity contribution in [3.63, 3.8) is 0 Å². The van der Waals surface area contributed by atoms with Crippen LogP contribution >= 0.6 is 0 Å². The highest BCUT2D eigenvalue weighted by Crippen LogP contribution is 2.16. The minimum absolute atomic E-state index is 0.0366. The number of imidazole rings is 1. The number of H-pyrrole nitrogens is 2. The summed E-state index contributed by atoms with van der Waals surface area (Å²) in [5.74, 6) is -0.0366. The lowest BCUT2D eigenvalue weighted by Gasteiger charge is -2.16. The van der Waals surface area contributed by atoms with Gasteiger partial charge in [0.1, 0.15) is 0 Å². The first-order valence-corrected chi connectivity index (χ1v) is 7.24. The van der Waals surface area contributed by atoms with Gasteiger partial charge in [0.05, 0.1) is 23.6 Å². The zero-order chi connectivity index (χ0) is 15.4. The van der Waals surface area contributed by atoms with E-state index in [1.54, 1.807) is 0 Å². The summed E-state index contributed by atoms with van der Waals surface area (Å²) in [5, 5.41) is 6.10. The molecular weight excluding hydrogens is 268 g/mol. The molecule has 2 aromatic rings. The fourth-order valence-corrected chi connectivity index (χ4v) is 2.11. The number of hydrogen-bond acceptors (Lipinski definition) is 3. The number of aromatic nitrogens is 2. The summed E-state index contributed by atoms with van der Waals surface area (Å²) in [6.07, 6.45) is 0.986. The lowest BCUT2D eigenvalue weighted by Crippen LogP contribution is -2.38. The molecule has 0 radical (unpaired) electrons. The summed E-state index contributed by atoms with van der Waals surface area (Å²) in [7, 11) is 0. The quantitative estimate of drug-likeness (QED) is 0.648. The average molecular weight is 290 g/mol. The largest absolute Gasteiger partial charge is 0.348 e. The molecule has 2 rings (SSSR count). The molecule has 0 fully saturated rings. The third kappa shape index (κ3) is 3.95. The van der Waals surface area contributed by atoms with Crippen LogP contribution in [-0.4, -0.2) is 28.5 Å². The molecule has 0 saturated carbocycles. The van der Waals surface area contributed by atoms with Gasteiger partial charge in [-0.15, -0.1) is 0 Å². The molecule has 6 nitrogen and oxygen atoms in total. The van der Waals surface area contributed by atoms with Gasteiger partial charge in [-0.05, 0) is 38.0 Å². The molecule has 1 aromatic carbocycles. The van der Waals surface area contributed by atoms with Crippen LogP contribution in [0.15, 0.2) is 23.0 Å². The van der Waals surface area contributed by atoms with E-state index in [1.165, 1.54) is 0 Å². The number of amides is 1. The second-order valence-corrected chi connectivity index (χ2v) is 5.36. The van der Waals surface area contributed by atoms with E-state index >= 15 is 0 Å². The van der Waals surface area contributed by atoms with Crippen LogP contribution in [0.1, 0.15) is 38.8 Å². The standard InChI is InChI=1S/C15H22N4O2/c1-4-9(2)16-8-14(20)17-10(3)11-5-6-12-13(7-11)19-15(21)18-12/h5-7,9-10,16H,4,8H2,1-3H3,(H,17,20)(H2,18,19,21). The van der Waals surface area contributed by atoms with Crippen LogP contribution in [0.4, 0.5) is 0 Å². The molecule has 1 heterocycles. The van der Waals surface area contributed by atoms with E-state index in [9.17, 15) is 9.59 Å². The normalized spacial score (nSPS) is 14.0. The molecular formula is C15H22N4O2. The van der Waals surface area contributed by atoms with Crippen LogP contribution in [0.2, 0.25) is 0 Å².